The van der Waals surface area contributed by atoms with Gasteiger partial charge in [-0.3, -0.25) is 9.10 Å². The Labute approximate surface area is 152 Å². The van der Waals surface area contributed by atoms with E-state index in [0.717, 1.165) is 17.0 Å². The lowest BCUT2D eigenvalue weighted by Crippen LogP contribution is -2.32. The quantitative estimate of drug-likeness (QED) is 0.622. The summed E-state index contributed by atoms with van der Waals surface area (Å²) in [5.41, 5.74) is 0.939. The van der Waals surface area contributed by atoms with Crippen LogP contribution in [0.4, 0.5) is 23.7 Å². The second-order valence-electron chi connectivity index (χ2n) is 5.09. The van der Waals surface area contributed by atoms with Gasteiger partial charge in [0, 0.05) is 24.7 Å². The monoisotopic (exact) mass is 383 g/mol. The average molecular weight is 383 g/mol. The van der Waals surface area contributed by atoms with E-state index in [1.54, 1.807) is 10.4 Å². The zero-order valence-corrected chi connectivity index (χ0v) is 14.6. The number of hydrogen-bond acceptors (Lipinski definition) is 3. The minimum atomic E-state index is -0.649. The molecule has 2 aromatic carbocycles. The maximum Gasteiger partial charge on any atom is 0.332 e. The lowest BCUT2D eigenvalue weighted by molar-refractivity contribution is -0.109. The first-order valence-electron chi connectivity index (χ1n) is 7.61. The van der Waals surface area contributed by atoms with Crippen molar-refractivity contribution < 1.29 is 22.8 Å². The molecule has 0 radical (unpaired) electrons. The Morgan fingerprint density at radius 1 is 1.15 bits per heavy atom. The normalized spacial score (nSPS) is 12.5. The van der Waals surface area contributed by atoms with Gasteiger partial charge < -0.3 is 10.6 Å². The van der Waals surface area contributed by atoms with Crippen LogP contribution in [-0.4, -0.2) is 23.3 Å². The predicted molar refractivity (Wildman–Crippen MR) is 92.9 cm³/mol. The molecule has 0 aromatic heterocycles. The number of urea groups is 1. The van der Waals surface area contributed by atoms with Crippen LogP contribution in [0.15, 0.2) is 41.3 Å². The smallest absolute Gasteiger partial charge is 0.332 e. The highest BCUT2D eigenvalue weighted by molar-refractivity contribution is 7.97. The highest BCUT2D eigenvalue weighted by Crippen LogP contribution is 2.34. The highest BCUT2D eigenvalue weighted by Gasteiger charge is 2.22. The Morgan fingerprint density at radius 2 is 1.85 bits per heavy atom. The fourth-order valence-electron chi connectivity index (χ4n) is 2.04. The van der Waals surface area contributed by atoms with Crippen LogP contribution >= 0.6 is 11.9 Å². The van der Waals surface area contributed by atoms with Gasteiger partial charge in [0.2, 0.25) is 6.41 Å². The van der Waals surface area contributed by atoms with E-state index in [-0.39, 0.29) is 24.0 Å². The largest absolute Gasteiger partial charge is 0.354 e. The van der Waals surface area contributed by atoms with Crippen LogP contribution in [0.2, 0.25) is 0 Å². The number of nitrogens with zero attached hydrogens (tertiary/aromatic N) is 1. The van der Waals surface area contributed by atoms with Crippen molar-refractivity contribution in [2.45, 2.75) is 18.4 Å². The van der Waals surface area contributed by atoms with Crippen molar-refractivity contribution in [1.29, 1.82) is 0 Å². The molecule has 0 saturated carbocycles. The van der Waals surface area contributed by atoms with Crippen LogP contribution in [0, 0.1) is 17.5 Å². The van der Waals surface area contributed by atoms with E-state index < -0.39 is 11.6 Å². The van der Waals surface area contributed by atoms with Crippen LogP contribution in [0.3, 0.4) is 0 Å². The fourth-order valence-corrected chi connectivity index (χ4v) is 2.92. The molecule has 0 unspecified atom stereocenters. The van der Waals surface area contributed by atoms with Crippen molar-refractivity contribution in [2.24, 2.45) is 0 Å². The second-order valence-corrected chi connectivity index (χ2v) is 6.15. The number of nitrogens with one attached hydrogen (secondary N) is 2. The van der Waals surface area contributed by atoms with Gasteiger partial charge in [-0.1, -0.05) is 6.07 Å². The zero-order valence-electron chi connectivity index (χ0n) is 13.8. The van der Waals surface area contributed by atoms with Gasteiger partial charge >= 0.3 is 6.03 Å². The molecule has 2 N–H and O–H groups in total. The minimum absolute atomic E-state index is 0.0790. The summed E-state index contributed by atoms with van der Waals surface area (Å²) in [6, 6.07) is 7.39. The molecule has 0 aliphatic carbocycles. The van der Waals surface area contributed by atoms with Crippen molar-refractivity contribution in [3.05, 3.63) is 59.4 Å². The van der Waals surface area contributed by atoms with Crippen LogP contribution in [0.25, 0.3) is 0 Å². The third-order valence-corrected chi connectivity index (χ3v) is 4.48. The van der Waals surface area contributed by atoms with Crippen molar-refractivity contribution in [3.8, 4) is 0 Å². The number of amides is 3. The summed E-state index contributed by atoms with van der Waals surface area (Å²) in [7, 11) is 0. The highest BCUT2D eigenvalue weighted by atomic mass is 32.2. The van der Waals surface area contributed by atoms with E-state index in [9.17, 15) is 22.8 Å². The van der Waals surface area contributed by atoms with Crippen LogP contribution < -0.4 is 10.6 Å². The maximum atomic E-state index is 12.9. The summed E-state index contributed by atoms with van der Waals surface area (Å²) in [4.78, 5) is 22.0. The van der Waals surface area contributed by atoms with Crippen molar-refractivity contribution >= 4 is 30.1 Å². The molecule has 138 valence electrons. The molecule has 1 heterocycles. The molecule has 0 saturated heterocycles. The number of fused-ring (bicyclic) bond motifs is 1. The Bertz CT molecular complexity index is 805. The molecule has 1 aliphatic rings. The summed E-state index contributed by atoms with van der Waals surface area (Å²) >= 11 is 1.26. The molecule has 1 aliphatic heterocycles. The molecule has 3 amide bonds. The predicted octanol–water partition coefficient (Wildman–Crippen LogP) is 3.91. The Balaban J connectivity index is 0.000000190. The van der Waals surface area contributed by atoms with Gasteiger partial charge in [-0.15, -0.1) is 0 Å². The van der Waals surface area contributed by atoms with Crippen molar-refractivity contribution in [3.63, 3.8) is 0 Å². The number of halogens is 3. The SMILES string of the molecule is CCN1Sc2cc(F)ccc2NC1=O.O=CNCc1ccc(F)cc1F. The first-order valence-corrected chi connectivity index (χ1v) is 8.39. The number of benzene rings is 2. The molecule has 2 aromatic rings. The van der Waals surface area contributed by atoms with Gasteiger partial charge in [0.05, 0.1) is 10.6 Å². The lowest BCUT2D eigenvalue weighted by atomic mass is 10.2. The summed E-state index contributed by atoms with van der Waals surface area (Å²) in [6.45, 7) is 2.54. The molecule has 5 nitrogen and oxygen atoms in total. The number of carbonyl (C=O) groups is 2. The average Bonchev–Trinajstić information content (AvgIpc) is 2.61. The molecular formula is C17H16F3N3O2S. The van der Waals surface area contributed by atoms with E-state index in [1.807, 2.05) is 6.92 Å². The third-order valence-electron chi connectivity index (χ3n) is 3.30. The molecule has 0 spiro atoms. The van der Waals surface area contributed by atoms with E-state index >= 15 is 0 Å². The molecule has 26 heavy (non-hydrogen) atoms. The summed E-state index contributed by atoms with van der Waals surface area (Å²) < 4.78 is 39.5. The first-order chi connectivity index (χ1) is 12.4. The van der Waals surface area contributed by atoms with Crippen LogP contribution in [0.1, 0.15) is 12.5 Å². The van der Waals surface area contributed by atoms with Gasteiger partial charge in [-0.05, 0) is 43.1 Å². The zero-order chi connectivity index (χ0) is 19.1. The van der Waals surface area contributed by atoms with Crippen LogP contribution in [-0.2, 0) is 11.3 Å². The lowest BCUT2D eigenvalue weighted by Gasteiger charge is -2.26. The topological polar surface area (TPSA) is 61.4 Å². The van der Waals surface area contributed by atoms with E-state index in [4.69, 9.17) is 0 Å². The fraction of sp³-hybridized carbons (Fsp3) is 0.176. The van der Waals surface area contributed by atoms with E-state index in [2.05, 4.69) is 10.6 Å². The standard InChI is InChI=1S/C9H9FN2OS.C8H7F2NO/c1-2-12-9(13)11-7-4-3-6(10)5-8(7)14-12;9-7-2-1-6(4-11-5-12)8(10)3-7/h3-5H,2H2,1H3,(H,11,13);1-3,5H,4H2,(H,11,12). The Kier molecular flexibility index (Phi) is 6.90. The minimum Gasteiger partial charge on any atom is -0.354 e. The first kappa shape index (κ1) is 19.6. The maximum absolute atomic E-state index is 12.9. The molecule has 0 atom stereocenters. The van der Waals surface area contributed by atoms with E-state index in [1.165, 1.54) is 30.1 Å². The van der Waals surface area contributed by atoms with Gasteiger partial charge in [-0.25, -0.2) is 18.0 Å². The Hall–Kier alpha value is -2.68. The van der Waals surface area contributed by atoms with Gasteiger partial charge in [-0.2, -0.15) is 0 Å². The number of anilines is 1. The number of rotatable bonds is 4. The van der Waals surface area contributed by atoms with Crippen LogP contribution in [0.5, 0.6) is 0 Å². The molecule has 0 fully saturated rings. The van der Waals surface area contributed by atoms with Gasteiger partial charge in [0.15, 0.2) is 0 Å². The summed E-state index contributed by atoms with van der Waals surface area (Å²) in [6.07, 6.45) is 0.461. The molecule has 3 rings (SSSR count). The van der Waals surface area contributed by atoms with Crippen molar-refractivity contribution in [1.82, 2.24) is 9.62 Å². The second kappa shape index (κ2) is 9.14. The van der Waals surface area contributed by atoms with Gasteiger partial charge in [0.25, 0.3) is 0 Å². The molecular weight excluding hydrogens is 367 g/mol. The number of hydrogen-bond donors (Lipinski definition) is 2. The van der Waals surface area contributed by atoms with Crippen molar-refractivity contribution in [2.75, 3.05) is 11.9 Å². The molecule has 0 bridgehead atoms. The Morgan fingerprint density at radius 3 is 2.50 bits per heavy atom. The third kappa shape index (κ3) is 5.16. The summed E-state index contributed by atoms with van der Waals surface area (Å²) in [5.74, 6) is -1.56. The van der Waals surface area contributed by atoms with Gasteiger partial charge in [0.1, 0.15) is 17.5 Å². The number of carbonyl (C=O) groups excluding carboxylic acids is 2. The van der Waals surface area contributed by atoms with E-state index in [0.29, 0.717) is 18.6 Å². The molecule has 9 heteroatoms. The summed E-state index contributed by atoms with van der Waals surface area (Å²) in [5, 5.41) is 4.97.